The Balaban J connectivity index is 0.000000531. The third kappa shape index (κ3) is 6.51. The molecule has 2 aliphatic heterocycles. The number of piperidine rings is 1. The highest BCUT2D eigenvalue weighted by Gasteiger charge is 2.44. The van der Waals surface area contributed by atoms with Crippen LogP contribution in [0, 0.1) is 5.92 Å². The smallest absolute Gasteiger partial charge is 0.414 e. The Hall–Kier alpha value is -3.64. The van der Waals surface area contributed by atoms with Crippen LogP contribution in [0.15, 0.2) is 24.4 Å². The van der Waals surface area contributed by atoms with E-state index in [-0.39, 0.29) is 5.91 Å². The predicted octanol–water partition coefficient (Wildman–Crippen LogP) is 2.06. The van der Waals surface area contributed by atoms with Crippen molar-refractivity contribution in [1.82, 2.24) is 19.4 Å². The molecule has 1 amide bonds. The number of ether oxygens (including phenoxy) is 3. The highest BCUT2D eigenvalue weighted by molar-refractivity contribution is 6.27. The van der Waals surface area contributed by atoms with Crippen LogP contribution in [0.25, 0.3) is 0 Å². The number of hydrogen-bond acceptors (Lipinski definition) is 8. The minimum Gasteiger partial charge on any atom is -0.497 e. The molecule has 1 saturated carbocycles. The summed E-state index contributed by atoms with van der Waals surface area (Å²) in [7, 11) is 5.38. The van der Waals surface area contributed by atoms with E-state index in [0.29, 0.717) is 36.8 Å². The summed E-state index contributed by atoms with van der Waals surface area (Å²) in [4.78, 5) is 40.6. The number of methoxy groups -OCH3 is 2. The third-order valence-corrected chi connectivity index (χ3v) is 7.42. The van der Waals surface area contributed by atoms with Gasteiger partial charge in [-0.1, -0.05) is 0 Å². The molecular weight excluding hydrogens is 508 g/mol. The van der Waals surface area contributed by atoms with Gasteiger partial charge < -0.3 is 38.8 Å². The van der Waals surface area contributed by atoms with Crippen LogP contribution in [0.3, 0.4) is 0 Å². The molecular formula is C27H36N4O8. The number of hydrogen-bond donors (Lipinski definition) is 2. The van der Waals surface area contributed by atoms with E-state index in [9.17, 15) is 4.79 Å². The molecule has 0 atom stereocenters. The van der Waals surface area contributed by atoms with E-state index in [0.717, 1.165) is 44.2 Å². The number of benzene rings is 1. The Morgan fingerprint density at radius 1 is 1.10 bits per heavy atom. The first-order valence-corrected chi connectivity index (χ1v) is 13.0. The first-order chi connectivity index (χ1) is 18.7. The second-order valence-corrected chi connectivity index (χ2v) is 10.2. The number of aliphatic carboxylic acids is 2. The fourth-order valence-electron chi connectivity index (χ4n) is 5.21. The lowest BCUT2D eigenvalue weighted by Crippen LogP contribution is -2.50. The van der Waals surface area contributed by atoms with Crippen LogP contribution in [0.2, 0.25) is 0 Å². The number of fused-ring (bicyclic) bond motifs is 2. The van der Waals surface area contributed by atoms with E-state index in [1.165, 1.54) is 18.5 Å². The van der Waals surface area contributed by atoms with Crippen LogP contribution < -0.4 is 9.47 Å². The maximum atomic E-state index is 13.3. The van der Waals surface area contributed by atoms with Crippen molar-refractivity contribution in [2.45, 2.75) is 44.4 Å². The number of aromatic nitrogens is 2. The highest BCUT2D eigenvalue weighted by atomic mass is 16.5. The summed E-state index contributed by atoms with van der Waals surface area (Å²) in [6.45, 7) is 4.85. The second-order valence-electron chi connectivity index (χ2n) is 10.2. The molecule has 0 bridgehead atoms. The van der Waals surface area contributed by atoms with Gasteiger partial charge in [0, 0.05) is 57.8 Å². The third-order valence-electron chi connectivity index (χ3n) is 7.42. The summed E-state index contributed by atoms with van der Waals surface area (Å²) < 4.78 is 19.4. The molecule has 1 aromatic carbocycles. The molecule has 2 aromatic rings. The standard InChI is InChI=1S/C25H34N4O4.C2H2O4/c1-27(16-18-4-5-18)17-19-15-26-24-25(33-13-12-29(19)24)8-10-28(11-9-25)23(30)21-7-6-20(31-2)14-22(21)32-3;3-1(4)2(5)6/h6-7,14-15,18H,4-5,8-13,16-17H2,1-3H3;(H,3,4)(H,5,6). The molecule has 0 unspecified atom stereocenters. The Labute approximate surface area is 227 Å². The van der Waals surface area contributed by atoms with Gasteiger partial charge in [0.15, 0.2) is 0 Å². The summed E-state index contributed by atoms with van der Waals surface area (Å²) in [5.74, 6) is -0.570. The van der Waals surface area contributed by atoms with Crippen molar-refractivity contribution >= 4 is 17.8 Å². The quantitative estimate of drug-likeness (QED) is 0.497. The van der Waals surface area contributed by atoms with Gasteiger partial charge in [-0.05, 0) is 37.9 Å². The number of carbonyl (C=O) groups is 3. The minimum absolute atomic E-state index is 0.0223. The van der Waals surface area contributed by atoms with Crippen molar-refractivity contribution in [3.8, 4) is 11.5 Å². The van der Waals surface area contributed by atoms with Gasteiger partial charge in [0.2, 0.25) is 0 Å². The zero-order valence-corrected chi connectivity index (χ0v) is 22.6. The number of amides is 1. The summed E-state index contributed by atoms with van der Waals surface area (Å²) in [6.07, 6.45) is 6.24. The minimum atomic E-state index is -1.82. The number of nitrogens with zero attached hydrogens (tertiary/aromatic N) is 4. The lowest BCUT2D eigenvalue weighted by Gasteiger charge is -2.43. The fourth-order valence-corrected chi connectivity index (χ4v) is 5.21. The van der Waals surface area contributed by atoms with E-state index in [4.69, 9.17) is 39.0 Å². The maximum Gasteiger partial charge on any atom is 0.414 e. The predicted molar refractivity (Wildman–Crippen MR) is 139 cm³/mol. The molecule has 3 heterocycles. The largest absolute Gasteiger partial charge is 0.497 e. The zero-order chi connectivity index (χ0) is 28.2. The van der Waals surface area contributed by atoms with E-state index in [1.807, 2.05) is 11.1 Å². The summed E-state index contributed by atoms with van der Waals surface area (Å²) >= 11 is 0. The Morgan fingerprint density at radius 2 is 1.79 bits per heavy atom. The van der Waals surface area contributed by atoms with Crippen molar-refractivity contribution in [1.29, 1.82) is 0 Å². The zero-order valence-electron chi connectivity index (χ0n) is 22.6. The Morgan fingerprint density at radius 3 is 2.38 bits per heavy atom. The lowest BCUT2D eigenvalue weighted by molar-refractivity contribution is -0.159. The first-order valence-electron chi connectivity index (χ1n) is 13.0. The summed E-state index contributed by atoms with van der Waals surface area (Å²) in [5, 5.41) is 14.8. The van der Waals surface area contributed by atoms with Gasteiger partial charge in [-0.25, -0.2) is 14.6 Å². The number of carboxylic acids is 2. The lowest BCUT2D eigenvalue weighted by atomic mass is 9.88. The maximum absolute atomic E-state index is 13.3. The van der Waals surface area contributed by atoms with Crippen molar-refractivity contribution in [3.63, 3.8) is 0 Å². The van der Waals surface area contributed by atoms with Gasteiger partial charge in [-0.3, -0.25) is 4.79 Å². The van der Waals surface area contributed by atoms with Crippen LogP contribution in [0.5, 0.6) is 11.5 Å². The monoisotopic (exact) mass is 544 g/mol. The van der Waals surface area contributed by atoms with Crippen LogP contribution >= 0.6 is 0 Å². The molecule has 1 spiro atoms. The van der Waals surface area contributed by atoms with E-state index < -0.39 is 17.5 Å². The number of carbonyl (C=O) groups excluding carboxylic acids is 1. The Bertz CT molecular complexity index is 1190. The summed E-state index contributed by atoms with van der Waals surface area (Å²) in [5.41, 5.74) is 1.41. The molecule has 39 heavy (non-hydrogen) atoms. The van der Waals surface area contributed by atoms with Gasteiger partial charge in [0.05, 0.1) is 32.1 Å². The van der Waals surface area contributed by atoms with Crippen molar-refractivity contribution in [2.24, 2.45) is 5.92 Å². The van der Waals surface area contributed by atoms with Gasteiger partial charge in [-0.2, -0.15) is 0 Å². The Kier molecular flexibility index (Phi) is 8.76. The molecule has 2 N–H and O–H groups in total. The average Bonchev–Trinajstić information content (AvgIpc) is 3.65. The van der Waals surface area contributed by atoms with Crippen molar-refractivity contribution in [3.05, 3.63) is 41.5 Å². The van der Waals surface area contributed by atoms with E-state index >= 15 is 0 Å². The number of rotatable bonds is 7. The normalized spacial score (nSPS) is 17.7. The molecule has 5 rings (SSSR count). The van der Waals surface area contributed by atoms with Crippen LogP contribution in [-0.4, -0.2) is 94.9 Å². The van der Waals surface area contributed by atoms with Gasteiger partial charge >= 0.3 is 11.9 Å². The number of imidazole rings is 1. The van der Waals surface area contributed by atoms with Crippen molar-refractivity contribution < 1.29 is 38.8 Å². The SMILES string of the molecule is COc1ccc(C(=O)N2CCC3(CC2)OCCn2c(CN(C)CC4CC4)cnc23)c(OC)c1.O=C(O)C(=O)O. The summed E-state index contributed by atoms with van der Waals surface area (Å²) in [6, 6.07) is 5.32. The van der Waals surface area contributed by atoms with E-state index in [1.54, 1.807) is 32.4 Å². The van der Waals surface area contributed by atoms with E-state index in [2.05, 4.69) is 16.5 Å². The molecule has 0 radical (unpaired) electrons. The van der Waals surface area contributed by atoms with Gasteiger partial charge in [-0.15, -0.1) is 0 Å². The molecule has 1 aromatic heterocycles. The van der Waals surface area contributed by atoms with Crippen LogP contribution in [0.1, 0.15) is 47.6 Å². The molecule has 12 heteroatoms. The molecule has 1 aliphatic carbocycles. The van der Waals surface area contributed by atoms with Crippen molar-refractivity contribution in [2.75, 3.05) is 47.5 Å². The van der Waals surface area contributed by atoms with Gasteiger partial charge in [0.1, 0.15) is 22.9 Å². The van der Waals surface area contributed by atoms with Crippen LogP contribution in [-0.2, 0) is 33.0 Å². The highest BCUT2D eigenvalue weighted by Crippen LogP contribution is 2.40. The molecule has 1 saturated heterocycles. The fraction of sp³-hybridized carbons (Fsp3) is 0.556. The molecule has 2 fully saturated rings. The van der Waals surface area contributed by atoms with Crippen LogP contribution in [0.4, 0.5) is 0 Å². The molecule has 12 nitrogen and oxygen atoms in total. The second kappa shape index (κ2) is 12.0. The molecule has 212 valence electrons. The average molecular weight is 545 g/mol. The van der Waals surface area contributed by atoms with Gasteiger partial charge in [0.25, 0.3) is 5.91 Å². The topological polar surface area (TPSA) is 144 Å². The number of likely N-dealkylation sites (tertiary alicyclic amines) is 1. The molecule has 3 aliphatic rings. The first kappa shape index (κ1) is 28.4. The number of carboxylic acid groups (broad SMARTS) is 2.